The summed E-state index contributed by atoms with van der Waals surface area (Å²) < 4.78 is 11.1. The van der Waals surface area contributed by atoms with E-state index in [1.54, 1.807) is 12.1 Å². The first-order chi connectivity index (χ1) is 8.15. The largest absolute Gasteiger partial charge is 0.492 e. The van der Waals surface area contributed by atoms with Gasteiger partial charge in [0.1, 0.15) is 11.7 Å². The van der Waals surface area contributed by atoms with Crippen molar-refractivity contribution in [3.05, 3.63) is 27.3 Å². The van der Waals surface area contributed by atoms with Gasteiger partial charge in [0.2, 0.25) is 0 Å². The van der Waals surface area contributed by atoms with Crippen molar-refractivity contribution in [3.8, 4) is 5.75 Å². The van der Waals surface area contributed by atoms with E-state index in [4.69, 9.17) is 4.74 Å². The van der Waals surface area contributed by atoms with Crippen LogP contribution in [-0.2, 0) is 9.53 Å². The van der Waals surface area contributed by atoms with Crippen molar-refractivity contribution in [1.29, 1.82) is 0 Å². The van der Waals surface area contributed by atoms with Crippen LogP contribution < -0.4 is 4.74 Å². The third-order valence-corrected chi connectivity index (χ3v) is 3.54. The number of halogens is 1. The number of ketones is 1. The highest BCUT2D eigenvalue weighted by Crippen LogP contribution is 2.31. The highest BCUT2D eigenvalue weighted by molar-refractivity contribution is 14.1. The number of ether oxygens (including phenoxy) is 2. The Morgan fingerprint density at radius 3 is 3.00 bits per heavy atom. The molecule has 1 aromatic rings. The molecule has 0 saturated heterocycles. The first-order valence-electron chi connectivity index (χ1n) is 5.18. The summed E-state index contributed by atoms with van der Waals surface area (Å²) in [6, 6.07) is 5.33. The van der Waals surface area contributed by atoms with E-state index in [0.29, 0.717) is 24.3 Å². The summed E-state index contributed by atoms with van der Waals surface area (Å²) >= 11 is 2.11. The lowest BCUT2D eigenvalue weighted by Gasteiger charge is -2.09. The van der Waals surface area contributed by atoms with Crippen LogP contribution in [0.2, 0.25) is 0 Å². The van der Waals surface area contributed by atoms with Crippen LogP contribution in [0.15, 0.2) is 18.2 Å². The summed E-state index contributed by atoms with van der Waals surface area (Å²) in [7, 11) is 1.29. The van der Waals surface area contributed by atoms with Crippen LogP contribution in [0.25, 0.3) is 0 Å². The van der Waals surface area contributed by atoms with Gasteiger partial charge in [0.05, 0.1) is 22.9 Å². The number of hydrogen-bond acceptors (Lipinski definition) is 4. The molecule has 0 N–H and O–H groups in total. The molecule has 17 heavy (non-hydrogen) atoms. The molecule has 1 atom stereocenters. The Hall–Kier alpha value is -1.11. The average molecular weight is 346 g/mol. The maximum absolute atomic E-state index is 12.2. The summed E-state index contributed by atoms with van der Waals surface area (Å²) in [4.78, 5) is 23.7. The Balaban J connectivity index is 2.43. The van der Waals surface area contributed by atoms with Gasteiger partial charge in [-0.1, -0.05) is 6.07 Å². The van der Waals surface area contributed by atoms with Gasteiger partial charge in [-0.3, -0.25) is 9.59 Å². The molecule has 4 nitrogen and oxygen atoms in total. The molecule has 2 rings (SSSR count). The maximum atomic E-state index is 12.2. The molecule has 0 fully saturated rings. The van der Waals surface area contributed by atoms with Gasteiger partial charge in [-0.15, -0.1) is 0 Å². The number of esters is 1. The number of para-hydroxylation sites is 1. The normalized spacial score (nSPS) is 18.9. The zero-order chi connectivity index (χ0) is 12.4. The topological polar surface area (TPSA) is 52.6 Å². The zero-order valence-electron chi connectivity index (χ0n) is 9.23. The van der Waals surface area contributed by atoms with E-state index in [-0.39, 0.29) is 5.78 Å². The summed E-state index contributed by atoms with van der Waals surface area (Å²) in [5.74, 6) is -0.892. The lowest BCUT2D eigenvalue weighted by molar-refractivity contribution is -0.143. The number of hydrogen-bond donors (Lipinski definition) is 0. The second kappa shape index (κ2) is 5.03. The molecule has 0 bridgehead atoms. The van der Waals surface area contributed by atoms with Gasteiger partial charge in [0, 0.05) is 6.42 Å². The lowest BCUT2D eigenvalue weighted by Crippen LogP contribution is -2.25. The summed E-state index contributed by atoms with van der Waals surface area (Å²) in [5, 5.41) is 0. The number of carbonyl (C=O) groups excluding carboxylic acids is 2. The number of benzene rings is 1. The number of rotatable bonds is 1. The second-order valence-corrected chi connectivity index (χ2v) is 4.86. The fourth-order valence-electron chi connectivity index (χ4n) is 1.81. The Morgan fingerprint density at radius 1 is 1.53 bits per heavy atom. The van der Waals surface area contributed by atoms with Gasteiger partial charge in [-0.25, -0.2) is 0 Å². The molecule has 0 radical (unpaired) electrons. The number of carbonyl (C=O) groups is 2. The maximum Gasteiger partial charge on any atom is 0.316 e. The van der Waals surface area contributed by atoms with E-state index in [1.165, 1.54) is 7.11 Å². The fraction of sp³-hybridized carbons (Fsp3) is 0.333. The van der Waals surface area contributed by atoms with Crippen LogP contribution in [0.4, 0.5) is 0 Å². The number of Topliss-reactive ketones (excluding diaryl/α,β-unsaturated/α-hetero) is 1. The smallest absolute Gasteiger partial charge is 0.316 e. The van der Waals surface area contributed by atoms with E-state index in [1.807, 2.05) is 6.07 Å². The van der Waals surface area contributed by atoms with Crippen LogP contribution in [0, 0.1) is 9.49 Å². The second-order valence-electron chi connectivity index (χ2n) is 3.69. The third kappa shape index (κ3) is 2.29. The first-order valence-corrected chi connectivity index (χ1v) is 6.26. The fourth-order valence-corrected chi connectivity index (χ4v) is 2.47. The molecular formula is C12H11IO4. The molecule has 1 aromatic carbocycles. The molecule has 0 spiro atoms. The molecule has 5 heteroatoms. The quantitative estimate of drug-likeness (QED) is 0.444. The van der Waals surface area contributed by atoms with E-state index >= 15 is 0 Å². The summed E-state index contributed by atoms with van der Waals surface area (Å²) in [6.45, 7) is 0.346. The van der Waals surface area contributed by atoms with Gasteiger partial charge in [-0.05, 0) is 34.7 Å². The Kier molecular flexibility index (Phi) is 3.66. The highest BCUT2D eigenvalue weighted by atomic mass is 127. The zero-order valence-corrected chi connectivity index (χ0v) is 11.4. The SMILES string of the molecule is COC(=O)C1CCOc2c(I)cccc2C1=O. The molecule has 1 aliphatic rings. The minimum absolute atomic E-state index is 0.220. The first kappa shape index (κ1) is 12.3. The van der Waals surface area contributed by atoms with Crippen LogP contribution >= 0.6 is 22.6 Å². The van der Waals surface area contributed by atoms with Crippen LogP contribution in [0.3, 0.4) is 0 Å². The lowest BCUT2D eigenvalue weighted by atomic mass is 9.95. The molecular weight excluding hydrogens is 335 g/mol. The monoisotopic (exact) mass is 346 g/mol. The minimum Gasteiger partial charge on any atom is -0.492 e. The van der Waals surface area contributed by atoms with Crippen LogP contribution in [0.1, 0.15) is 16.8 Å². The Morgan fingerprint density at radius 2 is 2.29 bits per heavy atom. The summed E-state index contributed by atoms with van der Waals surface area (Å²) in [5.41, 5.74) is 0.463. The molecule has 1 heterocycles. The highest BCUT2D eigenvalue weighted by Gasteiger charge is 2.33. The molecule has 0 aliphatic carbocycles. The van der Waals surface area contributed by atoms with Crippen LogP contribution in [-0.4, -0.2) is 25.5 Å². The van der Waals surface area contributed by atoms with Gasteiger partial charge >= 0.3 is 5.97 Å². The van der Waals surface area contributed by atoms with Crippen molar-refractivity contribution in [3.63, 3.8) is 0 Å². The molecule has 90 valence electrons. The van der Waals surface area contributed by atoms with Crippen molar-refractivity contribution in [1.82, 2.24) is 0 Å². The van der Waals surface area contributed by atoms with Gasteiger partial charge in [0.15, 0.2) is 5.78 Å². The standard InChI is InChI=1S/C12H11IO4/c1-16-12(15)8-5-6-17-11-7(10(8)14)3-2-4-9(11)13/h2-4,8H,5-6H2,1H3. The number of methoxy groups -OCH3 is 1. The van der Waals surface area contributed by atoms with Gasteiger partial charge in [0.25, 0.3) is 0 Å². The van der Waals surface area contributed by atoms with E-state index in [0.717, 1.165) is 3.57 Å². The van der Waals surface area contributed by atoms with Crippen molar-refractivity contribution in [2.45, 2.75) is 6.42 Å². The minimum atomic E-state index is -0.751. The van der Waals surface area contributed by atoms with Crippen LogP contribution in [0.5, 0.6) is 5.75 Å². The van der Waals surface area contributed by atoms with Crippen molar-refractivity contribution in [2.24, 2.45) is 5.92 Å². The van der Waals surface area contributed by atoms with Crippen molar-refractivity contribution >= 4 is 34.3 Å². The number of fused-ring (bicyclic) bond motifs is 1. The predicted octanol–water partition coefficient (Wildman–Crippen LogP) is 2.05. The Labute approximate surface area is 112 Å². The molecule has 1 unspecified atom stereocenters. The predicted molar refractivity (Wildman–Crippen MR) is 69.1 cm³/mol. The summed E-state index contributed by atoms with van der Waals surface area (Å²) in [6.07, 6.45) is 0.357. The molecule has 0 amide bonds. The molecule has 0 saturated carbocycles. The van der Waals surface area contributed by atoms with Crippen molar-refractivity contribution in [2.75, 3.05) is 13.7 Å². The van der Waals surface area contributed by atoms with E-state index in [9.17, 15) is 9.59 Å². The van der Waals surface area contributed by atoms with Crippen molar-refractivity contribution < 1.29 is 19.1 Å². The average Bonchev–Trinajstić information content (AvgIpc) is 2.50. The van der Waals surface area contributed by atoms with E-state index < -0.39 is 11.9 Å². The molecule has 0 aromatic heterocycles. The Bertz CT molecular complexity index is 470. The molecule has 1 aliphatic heterocycles. The third-order valence-electron chi connectivity index (χ3n) is 2.69. The van der Waals surface area contributed by atoms with E-state index in [2.05, 4.69) is 27.3 Å². The van der Waals surface area contributed by atoms with Gasteiger partial charge in [-0.2, -0.15) is 0 Å². The van der Waals surface area contributed by atoms with Gasteiger partial charge < -0.3 is 9.47 Å².